The first-order chi connectivity index (χ1) is 6.24. The molecular formula is C11H17NO. The Morgan fingerprint density at radius 2 is 2.15 bits per heavy atom. The van der Waals surface area contributed by atoms with Crippen molar-refractivity contribution in [1.29, 1.82) is 0 Å². The van der Waals surface area contributed by atoms with Gasteiger partial charge in [0.1, 0.15) is 5.76 Å². The predicted octanol–water partition coefficient (Wildman–Crippen LogP) is 3.27. The summed E-state index contributed by atoms with van der Waals surface area (Å²) in [5.74, 6) is 0.759. The molecule has 72 valence electrons. The Hall–Kier alpha value is -1.44. The molecule has 1 rings (SSSR count). The Labute approximate surface area is 79.7 Å². The zero-order valence-corrected chi connectivity index (χ0v) is 8.50. The molecule has 0 aliphatic rings. The van der Waals surface area contributed by atoms with E-state index in [4.69, 9.17) is 10.2 Å². The fourth-order valence-electron chi connectivity index (χ4n) is 0.861. The summed E-state index contributed by atoms with van der Waals surface area (Å²) in [7, 11) is 0. The van der Waals surface area contributed by atoms with Gasteiger partial charge in [0.25, 0.3) is 0 Å². The molecule has 1 aromatic heterocycles. The van der Waals surface area contributed by atoms with E-state index >= 15 is 0 Å². The molecule has 2 heteroatoms. The van der Waals surface area contributed by atoms with Gasteiger partial charge >= 0.3 is 0 Å². The van der Waals surface area contributed by atoms with Gasteiger partial charge in [-0.15, -0.1) is 0 Å². The first kappa shape index (κ1) is 11.6. The lowest BCUT2D eigenvalue weighted by atomic mass is 10.2. The topological polar surface area (TPSA) is 39.2 Å². The summed E-state index contributed by atoms with van der Waals surface area (Å²) < 4.78 is 5.10. The molecule has 0 fully saturated rings. The van der Waals surface area contributed by atoms with Crippen molar-refractivity contribution in [2.75, 3.05) is 0 Å². The molecule has 0 bridgehead atoms. The molecule has 1 aromatic rings. The molecule has 2 nitrogen and oxygen atoms in total. The van der Waals surface area contributed by atoms with Crippen LogP contribution >= 0.6 is 0 Å². The number of hydrogen-bond acceptors (Lipinski definition) is 2. The minimum absolute atomic E-state index is 0.759. The van der Waals surface area contributed by atoms with E-state index in [0.717, 1.165) is 17.0 Å². The van der Waals surface area contributed by atoms with Crippen molar-refractivity contribution < 1.29 is 4.42 Å². The van der Waals surface area contributed by atoms with Crippen LogP contribution in [-0.4, -0.2) is 0 Å². The third-order valence-electron chi connectivity index (χ3n) is 1.30. The number of hydrogen-bond donors (Lipinski definition) is 1. The SMILES string of the molecule is C=Cc1occc1/C=C(\C)N.CC. The highest BCUT2D eigenvalue weighted by atomic mass is 16.3. The lowest BCUT2D eigenvalue weighted by molar-refractivity contribution is 0.556. The number of allylic oxidation sites excluding steroid dienone is 1. The number of nitrogens with two attached hydrogens (primary N) is 1. The van der Waals surface area contributed by atoms with Gasteiger partial charge in [0.05, 0.1) is 6.26 Å². The molecule has 0 saturated carbocycles. The standard InChI is InChI=1S/C9H11NO.C2H6/c1-3-9-8(4-5-11-9)6-7(2)10;1-2/h3-6H,1,10H2,2H3;1-2H3/b7-6+;. The van der Waals surface area contributed by atoms with Gasteiger partial charge in [-0.25, -0.2) is 0 Å². The third-order valence-corrected chi connectivity index (χ3v) is 1.30. The van der Waals surface area contributed by atoms with Gasteiger partial charge in [-0.3, -0.25) is 0 Å². The highest BCUT2D eigenvalue weighted by Crippen LogP contribution is 2.13. The maximum absolute atomic E-state index is 5.49. The van der Waals surface area contributed by atoms with Crippen LogP contribution < -0.4 is 5.73 Å². The second-order valence-electron chi connectivity index (χ2n) is 2.33. The average molecular weight is 179 g/mol. The van der Waals surface area contributed by atoms with Crippen molar-refractivity contribution in [3.8, 4) is 0 Å². The summed E-state index contributed by atoms with van der Waals surface area (Å²) in [6.45, 7) is 9.44. The summed E-state index contributed by atoms with van der Waals surface area (Å²) >= 11 is 0. The fourth-order valence-corrected chi connectivity index (χ4v) is 0.861. The Morgan fingerprint density at radius 1 is 1.54 bits per heavy atom. The van der Waals surface area contributed by atoms with E-state index in [9.17, 15) is 0 Å². The second-order valence-corrected chi connectivity index (χ2v) is 2.33. The summed E-state index contributed by atoms with van der Waals surface area (Å²) in [4.78, 5) is 0. The van der Waals surface area contributed by atoms with Crippen LogP contribution in [0, 0.1) is 0 Å². The molecule has 0 unspecified atom stereocenters. The van der Waals surface area contributed by atoms with E-state index in [1.807, 2.05) is 32.9 Å². The highest BCUT2D eigenvalue weighted by molar-refractivity contribution is 5.61. The molecule has 0 spiro atoms. The van der Waals surface area contributed by atoms with Crippen LogP contribution in [0.15, 0.2) is 29.0 Å². The summed E-state index contributed by atoms with van der Waals surface area (Å²) in [6.07, 6.45) is 5.13. The number of rotatable bonds is 2. The van der Waals surface area contributed by atoms with Crippen molar-refractivity contribution in [1.82, 2.24) is 0 Å². The van der Waals surface area contributed by atoms with E-state index in [0.29, 0.717) is 0 Å². The van der Waals surface area contributed by atoms with Crippen molar-refractivity contribution in [2.45, 2.75) is 20.8 Å². The molecule has 0 amide bonds. The largest absolute Gasteiger partial charge is 0.464 e. The van der Waals surface area contributed by atoms with Crippen LogP contribution in [0.1, 0.15) is 32.1 Å². The lowest BCUT2D eigenvalue weighted by Gasteiger charge is -1.90. The minimum Gasteiger partial charge on any atom is -0.464 e. The molecule has 1 heterocycles. The van der Waals surface area contributed by atoms with E-state index in [1.54, 1.807) is 12.3 Å². The predicted molar refractivity (Wildman–Crippen MR) is 58.0 cm³/mol. The molecule has 0 aliphatic carbocycles. The molecule has 0 atom stereocenters. The van der Waals surface area contributed by atoms with Crippen LogP contribution in [-0.2, 0) is 0 Å². The lowest BCUT2D eigenvalue weighted by Crippen LogP contribution is -1.89. The van der Waals surface area contributed by atoms with Crippen LogP contribution in [0.2, 0.25) is 0 Å². The van der Waals surface area contributed by atoms with Gasteiger partial charge in [0.2, 0.25) is 0 Å². The van der Waals surface area contributed by atoms with Crippen molar-refractivity contribution >= 4 is 12.2 Å². The van der Waals surface area contributed by atoms with Crippen LogP contribution in [0.4, 0.5) is 0 Å². The smallest absolute Gasteiger partial charge is 0.133 e. The van der Waals surface area contributed by atoms with Gasteiger partial charge in [0.15, 0.2) is 0 Å². The molecular weight excluding hydrogens is 162 g/mol. The summed E-state index contributed by atoms with van der Waals surface area (Å²) in [5.41, 5.74) is 7.22. The van der Waals surface area contributed by atoms with Crippen molar-refractivity contribution in [3.05, 3.63) is 35.9 Å². The van der Waals surface area contributed by atoms with Gasteiger partial charge in [-0.1, -0.05) is 20.4 Å². The van der Waals surface area contributed by atoms with E-state index in [-0.39, 0.29) is 0 Å². The van der Waals surface area contributed by atoms with Gasteiger partial charge in [0, 0.05) is 11.3 Å². The average Bonchev–Trinajstić information content (AvgIpc) is 2.54. The molecule has 13 heavy (non-hydrogen) atoms. The van der Waals surface area contributed by atoms with Gasteiger partial charge in [-0.05, 0) is 25.1 Å². The van der Waals surface area contributed by atoms with Crippen LogP contribution in [0.3, 0.4) is 0 Å². The summed E-state index contributed by atoms with van der Waals surface area (Å²) in [6, 6.07) is 1.85. The highest BCUT2D eigenvalue weighted by Gasteiger charge is 1.97. The van der Waals surface area contributed by atoms with Crippen LogP contribution in [0.25, 0.3) is 12.2 Å². The molecule has 0 saturated heterocycles. The third kappa shape index (κ3) is 3.65. The van der Waals surface area contributed by atoms with Crippen molar-refractivity contribution in [2.24, 2.45) is 5.73 Å². The monoisotopic (exact) mass is 179 g/mol. The van der Waals surface area contributed by atoms with E-state index < -0.39 is 0 Å². The van der Waals surface area contributed by atoms with Crippen molar-refractivity contribution in [3.63, 3.8) is 0 Å². The molecule has 2 N–H and O–H groups in total. The zero-order valence-electron chi connectivity index (χ0n) is 8.50. The minimum atomic E-state index is 0.759. The van der Waals surface area contributed by atoms with E-state index in [1.165, 1.54) is 0 Å². The first-order valence-corrected chi connectivity index (χ1v) is 4.37. The Balaban J connectivity index is 0.000000671. The van der Waals surface area contributed by atoms with E-state index in [2.05, 4.69) is 6.58 Å². The number of furan rings is 1. The maximum Gasteiger partial charge on any atom is 0.133 e. The quantitative estimate of drug-likeness (QED) is 0.756. The second kappa shape index (κ2) is 6.12. The Morgan fingerprint density at radius 3 is 2.62 bits per heavy atom. The zero-order chi connectivity index (χ0) is 10.3. The summed E-state index contributed by atoms with van der Waals surface area (Å²) in [5, 5.41) is 0. The molecule has 0 aromatic carbocycles. The van der Waals surface area contributed by atoms with Gasteiger partial charge in [-0.2, -0.15) is 0 Å². The Kier molecular flexibility index (Phi) is 5.44. The molecule has 0 radical (unpaired) electrons. The fraction of sp³-hybridized carbons (Fsp3) is 0.273. The maximum atomic E-state index is 5.49. The first-order valence-electron chi connectivity index (χ1n) is 4.37. The Bertz CT molecular complexity index is 280. The molecule has 0 aliphatic heterocycles. The van der Waals surface area contributed by atoms with Crippen LogP contribution in [0.5, 0.6) is 0 Å². The normalized spacial score (nSPS) is 10.2. The van der Waals surface area contributed by atoms with Gasteiger partial charge < -0.3 is 10.2 Å².